The van der Waals surface area contributed by atoms with Crippen LogP contribution >= 0.6 is 0 Å². The molecule has 0 aliphatic rings. The lowest BCUT2D eigenvalue weighted by Gasteiger charge is -2.16. The minimum Gasteiger partial charge on any atom is -0.256 e. The third-order valence-corrected chi connectivity index (χ3v) is 3.41. The summed E-state index contributed by atoms with van der Waals surface area (Å²) in [4.78, 5) is 4.76. The van der Waals surface area contributed by atoms with E-state index >= 15 is 0 Å². The number of para-hydroxylation sites is 1. The molecule has 0 amide bonds. The van der Waals surface area contributed by atoms with Crippen LogP contribution in [0.15, 0.2) is 47.5 Å². The van der Waals surface area contributed by atoms with E-state index in [2.05, 4.69) is 52.0 Å². The van der Waals surface area contributed by atoms with E-state index in [0.29, 0.717) is 11.8 Å². The average molecular weight is 264 g/mol. The molecule has 2 aromatic rings. The molecule has 0 saturated heterocycles. The predicted molar refractivity (Wildman–Crippen MR) is 87.2 cm³/mol. The van der Waals surface area contributed by atoms with Gasteiger partial charge in [0.15, 0.2) is 0 Å². The molecule has 103 valence electrons. The molecule has 0 N–H and O–H groups in total. The molecule has 0 heterocycles. The maximum atomic E-state index is 4.76. The largest absolute Gasteiger partial charge is 0.256 e. The fourth-order valence-corrected chi connectivity index (χ4v) is 2.28. The zero-order valence-corrected chi connectivity index (χ0v) is 12.7. The molecular formula is C19H22N. The molecule has 0 unspecified atom stereocenters. The van der Waals surface area contributed by atoms with Gasteiger partial charge in [0.1, 0.15) is 0 Å². The minimum absolute atomic E-state index is 0.473. The molecule has 2 rings (SSSR count). The maximum Gasteiger partial charge on any atom is 0.0699 e. The van der Waals surface area contributed by atoms with E-state index < -0.39 is 0 Å². The third kappa shape index (κ3) is 3.36. The molecule has 0 aliphatic heterocycles. The van der Waals surface area contributed by atoms with Crippen molar-refractivity contribution < 1.29 is 0 Å². The SMILES string of the molecule is CC(C)c1cccc(C(C)C)c1N=Cc1[c]cccc1. The average Bonchev–Trinajstić information content (AvgIpc) is 2.45. The van der Waals surface area contributed by atoms with E-state index in [1.807, 2.05) is 30.5 Å². The van der Waals surface area contributed by atoms with Crippen LogP contribution in [0.5, 0.6) is 0 Å². The molecule has 0 bridgehead atoms. The van der Waals surface area contributed by atoms with Crippen molar-refractivity contribution in [1.29, 1.82) is 0 Å². The van der Waals surface area contributed by atoms with Crippen LogP contribution in [0.3, 0.4) is 0 Å². The van der Waals surface area contributed by atoms with Crippen LogP contribution in [0.1, 0.15) is 56.2 Å². The Morgan fingerprint density at radius 1 is 0.900 bits per heavy atom. The normalized spacial score (nSPS) is 11.7. The van der Waals surface area contributed by atoms with Crippen molar-refractivity contribution in [3.05, 3.63) is 65.2 Å². The van der Waals surface area contributed by atoms with Gasteiger partial charge in [-0.2, -0.15) is 0 Å². The van der Waals surface area contributed by atoms with Gasteiger partial charge in [-0.15, -0.1) is 0 Å². The minimum atomic E-state index is 0.473. The predicted octanol–water partition coefficient (Wildman–Crippen LogP) is 5.48. The second kappa shape index (κ2) is 6.51. The third-order valence-electron chi connectivity index (χ3n) is 3.41. The summed E-state index contributed by atoms with van der Waals surface area (Å²) in [5.41, 5.74) is 4.75. The first kappa shape index (κ1) is 14.5. The van der Waals surface area contributed by atoms with Crippen LogP contribution in [0.25, 0.3) is 0 Å². The first-order chi connectivity index (χ1) is 9.59. The number of rotatable bonds is 4. The Kier molecular flexibility index (Phi) is 4.73. The van der Waals surface area contributed by atoms with E-state index in [-0.39, 0.29) is 0 Å². The van der Waals surface area contributed by atoms with Gasteiger partial charge in [0.25, 0.3) is 0 Å². The number of nitrogens with zero attached hydrogens (tertiary/aromatic N) is 1. The van der Waals surface area contributed by atoms with Crippen molar-refractivity contribution in [3.63, 3.8) is 0 Å². The standard InChI is InChI=1S/C19H22N/c1-14(2)17-11-8-12-18(15(3)4)19(17)20-13-16-9-6-5-7-10-16/h5-9,11-15H,1-4H3. The van der Waals surface area contributed by atoms with Crippen LogP contribution in [0, 0.1) is 6.07 Å². The second-order valence-corrected chi connectivity index (χ2v) is 5.67. The Labute approximate surface area is 122 Å². The Balaban J connectivity index is 2.46. The lowest BCUT2D eigenvalue weighted by atomic mass is 9.93. The first-order valence-corrected chi connectivity index (χ1v) is 7.23. The van der Waals surface area contributed by atoms with Gasteiger partial charge in [-0.3, -0.25) is 4.99 Å². The second-order valence-electron chi connectivity index (χ2n) is 5.67. The van der Waals surface area contributed by atoms with Gasteiger partial charge < -0.3 is 0 Å². The number of benzene rings is 2. The topological polar surface area (TPSA) is 12.4 Å². The summed E-state index contributed by atoms with van der Waals surface area (Å²) in [5.74, 6) is 0.946. The number of aliphatic imine (C=N–C) groups is 1. The number of hydrogen-bond acceptors (Lipinski definition) is 1. The van der Waals surface area contributed by atoms with Gasteiger partial charge in [0, 0.05) is 11.8 Å². The molecule has 1 heteroatoms. The molecule has 0 aliphatic carbocycles. The number of hydrogen-bond donors (Lipinski definition) is 0. The molecule has 0 aromatic heterocycles. The summed E-state index contributed by atoms with van der Waals surface area (Å²) in [6.07, 6.45) is 1.91. The van der Waals surface area contributed by atoms with Crippen molar-refractivity contribution in [1.82, 2.24) is 0 Å². The fourth-order valence-electron chi connectivity index (χ4n) is 2.28. The van der Waals surface area contributed by atoms with Crippen LogP contribution in [0.4, 0.5) is 5.69 Å². The van der Waals surface area contributed by atoms with E-state index in [1.165, 1.54) is 11.1 Å². The Morgan fingerprint density at radius 2 is 1.55 bits per heavy atom. The summed E-state index contributed by atoms with van der Waals surface area (Å²) in [6.45, 7) is 8.86. The highest BCUT2D eigenvalue weighted by atomic mass is 14.7. The highest BCUT2D eigenvalue weighted by Crippen LogP contribution is 2.34. The Bertz CT molecular complexity index is 554. The first-order valence-electron chi connectivity index (χ1n) is 7.23. The smallest absolute Gasteiger partial charge is 0.0699 e. The van der Waals surface area contributed by atoms with Crippen LogP contribution in [0.2, 0.25) is 0 Å². The van der Waals surface area contributed by atoms with Gasteiger partial charge in [-0.1, -0.05) is 70.2 Å². The van der Waals surface area contributed by atoms with Gasteiger partial charge in [-0.25, -0.2) is 0 Å². The molecule has 0 saturated carbocycles. The summed E-state index contributed by atoms with van der Waals surface area (Å²) < 4.78 is 0. The van der Waals surface area contributed by atoms with Crippen molar-refractivity contribution in [2.45, 2.75) is 39.5 Å². The molecule has 0 atom stereocenters. The molecule has 20 heavy (non-hydrogen) atoms. The van der Waals surface area contributed by atoms with Crippen molar-refractivity contribution >= 4 is 11.9 Å². The zero-order chi connectivity index (χ0) is 14.5. The van der Waals surface area contributed by atoms with Crippen molar-refractivity contribution in [2.75, 3.05) is 0 Å². The van der Waals surface area contributed by atoms with E-state index in [9.17, 15) is 0 Å². The molecule has 0 fully saturated rings. The van der Waals surface area contributed by atoms with E-state index in [4.69, 9.17) is 4.99 Å². The highest BCUT2D eigenvalue weighted by Gasteiger charge is 2.12. The van der Waals surface area contributed by atoms with Crippen LogP contribution < -0.4 is 0 Å². The monoisotopic (exact) mass is 264 g/mol. The lowest BCUT2D eigenvalue weighted by molar-refractivity contribution is 0.835. The van der Waals surface area contributed by atoms with Gasteiger partial charge in [-0.05, 0) is 29.0 Å². The Morgan fingerprint density at radius 3 is 2.05 bits per heavy atom. The zero-order valence-electron chi connectivity index (χ0n) is 12.7. The Hall–Kier alpha value is -1.89. The van der Waals surface area contributed by atoms with Gasteiger partial charge >= 0.3 is 0 Å². The van der Waals surface area contributed by atoms with Gasteiger partial charge in [0.05, 0.1) is 5.69 Å². The molecule has 1 nitrogen and oxygen atoms in total. The fraction of sp³-hybridized carbons (Fsp3) is 0.316. The van der Waals surface area contributed by atoms with E-state index in [0.717, 1.165) is 11.3 Å². The van der Waals surface area contributed by atoms with E-state index in [1.54, 1.807) is 0 Å². The summed E-state index contributed by atoms with van der Waals surface area (Å²) >= 11 is 0. The maximum absolute atomic E-state index is 4.76. The summed E-state index contributed by atoms with van der Waals surface area (Å²) in [7, 11) is 0. The lowest BCUT2D eigenvalue weighted by Crippen LogP contribution is -1.95. The van der Waals surface area contributed by atoms with Crippen molar-refractivity contribution in [3.8, 4) is 0 Å². The van der Waals surface area contributed by atoms with Crippen LogP contribution in [-0.2, 0) is 0 Å². The summed E-state index contributed by atoms with van der Waals surface area (Å²) in [5, 5.41) is 0. The van der Waals surface area contributed by atoms with Gasteiger partial charge in [0.2, 0.25) is 0 Å². The molecule has 1 radical (unpaired) electrons. The molecule has 2 aromatic carbocycles. The van der Waals surface area contributed by atoms with Crippen LogP contribution in [-0.4, -0.2) is 6.21 Å². The highest BCUT2D eigenvalue weighted by molar-refractivity contribution is 5.82. The molecular weight excluding hydrogens is 242 g/mol. The summed E-state index contributed by atoms with van der Waals surface area (Å²) in [6, 6.07) is 17.6. The quantitative estimate of drug-likeness (QED) is 0.648. The van der Waals surface area contributed by atoms with Crippen molar-refractivity contribution in [2.24, 2.45) is 4.99 Å². The molecule has 0 spiro atoms.